The minimum absolute atomic E-state index is 0.0888. The van der Waals surface area contributed by atoms with Gasteiger partial charge >= 0.3 is 0 Å². The molecular formula is C7H12O2S2. The summed E-state index contributed by atoms with van der Waals surface area (Å²) < 4.78 is 4.96. The van der Waals surface area contributed by atoms with Gasteiger partial charge in [-0.05, 0) is 24.9 Å². The molecule has 0 fully saturated rings. The highest BCUT2D eigenvalue weighted by atomic mass is 32.2. The van der Waals surface area contributed by atoms with Gasteiger partial charge in [0.25, 0.3) is 0 Å². The van der Waals surface area contributed by atoms with Crippen LogP contribution in [0, 0.1) is 0 Å². The molecule has 0 N–H and O–H groups in total. The van der Waals surface area contributed by atoms with E-state index in [1.165, 1.54) is 11.8 Å². The van der Waals surface area contributed by atoms with Gasteiger partial charge in [-0.2, -0.15) is 0 Å². The lowest BCUT2D eigenvalue weighted by Gasteiger charge is -2.01. The topological polar surface area (TPSA) is 26.3 Å². The van der Waals surface area contributed by atoms with Crippen molar-refractivity contribution < 1.29 is 9.53 Å². The molecule has 0 atom stereocenters. The normalized spacial score (nSPS) is 9.27. The lowest BCUT2D eigenvalue weighted by atomic mass is 10.5. The molecule has 0 bridgehead atoms. The summed E-state index contributed by atoms with van der Waals surface area (Å²) in [4.78, 5) is 10.9. The molecule has 0 unspecified atom stereocenters. The van der Waals surface area contributed by atoms with Crippen LogP contribution in [-0.4, -0.2) is 22.5 Å². The second-order valence-electron chi connectivity index (χ2n) is 1.79. The molecule has 0 aliphatic carbocycles. The van der Waals surface area contributed by atoms with E-state index in [4.69, 9.17) is 17.0 Å². The number of hydrogen-bond donors (Lipinski definition) is 0. The molecule has 0 spiro atoms. The molecule has 11 heavy (non-hydrogen) atoms. The van der Waals surface area contributed by atoms with Gasteiger partial charge in [-0.3, -0.25) is 4.79 Å². The number of carbonyl (C=O) groups excluding carboxylic acids is 1. The lowest BCUT2D eigenvalue weighted by molar-refractivity contribution is -0.110. The number of hydrogen-bond acceptors (Lipinski definition) is 4. The first-order chi connectivity index (χ1) is 5.20. The molecule has 0 aliphatic heterocycles. The Kier molecular flexibility index (Phi) is 6.56. The number of thiocarbonyl (C=S) groups is 1. The van der Waals surface area contributed by atoms with Crippen molar-refractivity contribution in [3.8, 4) is 0 Å². The quantitative estimate of drug-likeness (QED) is 0.637. The summed E-state index contributed by atoms with van der Waals surface area (Å²) in [5, 5.41) is 0.490. The first kappa shape index (κ1) is 10.9. The first-order valence-corrected chi connectivity index (χ1v) is 4.91. The van der Waals surface area contributed by atoms with Gasteiger partial charge < -0.3 is 4.74 Å². The van der Waals surface area contributed by atoms with Crippen LogP contribution in [0.2, 0.25) is 0 Å². The van der Waals surface area contributed by atoms with Crippen molar-refractivity contribution >= 4 is 34.1 Å². The fourth-order valence-corrected chi connectivity index (χ4v) is 1.44. The van der Waals surface area contributed by atoms with E-state index in [2.05, 4.69) is 0 Å². The third-order valence-electron chi connectivity index (χ3n) is 0.899. The molecule has 0 saturated heterocycles. The molecule has 0 heterocycles. The zero-order valence-corrected chi connectivity index (χ0v) is 8.39. The summed E-state index contributed by atoms with van der Waals surface area (Å²) in [6.45, 7) is 4.33. The van der Waals surface area contributed by atoms with Crippen LogP contribution in [0.3, 0.4) is 0 Å². The van der Waals surface area contributed by atoms with Crippen molar-refractivity contribution in [2.75, 3.05) is 12.4 Å². The Morgan fingerprint density at radius 1 is 1.55 bits per heavy atom. The molecule has 0 saturated carbocycles. The average Bonchev–Trinajstić information content (AvgIpc) is 1.87. The predicted octanol–water partition coefficient (Wildman–Crippen LogP) is 2.02. The molecule has 0 rings (SSSR count). The summed E-state index contributed by atoms with van der Waals surface area (Å²) in [6, 6.07) is 0. The second kappa shape index (κ2) is 6.61. The van der Waals surface area contributed by atoms with Crippen LogP contribution in [0.15, 0.2) is 0 Å². The van der Waals surface area contributed by atoms with E-state index in [-0.39, 0.29) is 11.5 Å². The maximum absolute atomic E-state index is 10.9. The molecule has 0 aliphatic rings. The van der Waals surface area contributed by atoms with Gasteiger partial charge in [-0.25, -0.2) is 0 Å². The largest absolute Gasteiger partial charge is 0.487 e. The van der Waals surface area contributed by atoms with Crippen molar-refractivity contribution in [1.29, 1.82) is 0 Å². The Bertz CT molecular complexity index is 129. The van der Waals surface area contributed by atoms with Gasteiger partial charge in [0, 0.05) is 0 Å². The Balaban J connectivity index is 3.49. The fraction of sp³-hybridized carbons (Fsp3) is 0.714. The maximum atomic E-state index is 10.9. The van der Waals surface area contributed by atoms with Crippen LogP contribution in [0.5, 0.6) is 0 Å². The fourth-order valence-electron chi connectivity index (χ4n) is 0.542. The number of thioether (sulfide) groups is 1. The van der Waals surface area contributed by atoms with Crippen molar-refractivity contribution in [1.82, 2.24) is 0 Å². The van der Waals surface area contributed by atoms with Crippen LogP contribution in [0.25, 0.3) is 0 Å². The van der Waals surface area contributed by atoms with Crippen molar-refractivity contribution in [2.45, 2.75) is 20.3 Å². The Labute approximate surface area is 76.7 Å². The Morgan fingerprint density at radius 3 is 2.64 bits per heavy atom. The van der Waals surface area contributed by atoms with Crippen LogP contribution < -0.4 is 0 Å². The SMILES string of the molecule is CCOC(=S)CC(=O)SCC. The maximum Gasteiger partial charge on any atom is 0.197 e. The van der Waals surface area contributed by atoms with Gasteiger partial charge in [0.05, 0.1) is 13.0 Å². The third-order valence-corrected chi connectivity index (χ3v) is 1.92. The van der Waals surface area contributed by atoms with Crippen LogP contribution in [0.4, 0.5) is 0 Å². The van der Waals surface area contributed by atoms with E-state index in [0.717, 1.165) is 5.75 Å². The van der Waals surface area contributed by atoms with Gasteiger partial charge in [-0.15, -0.1) is 0 Å². The lowest BCUT2D eigenvalue weighted by Crippen LogP contribution is -2.06. The molecule has 2 nitrogen and oxygen atoms in total. The highest BCUT2D eigenvalue weighted by Crippen LogP contribution is 2.05. The number of ether oxygens (including phenoxy) is 1. The number of rotatable bonds is 4. The molecule has 0 aromatic carbocycles. The molecule has 0 aromatic heterocycles. The standard InChI is InChI=1S/C7H12O2S2/c1-3-9-7(10)5-6(8)11-4-2/h3-5H2,1-2H3. The van der Waals surface area contributed by atoms with Crippen LogP contribution in [-0.2, 0) is 9.53 Å². The van der Waals surface area contributed by atoms with Crippen molar-refractivity contribution in [3.63, 3.8) is 0 Å². The van der Waals surface area contributed by atoms with Gasteiger partial charge in [0.2, 0.25) is 0 Å². The first-order valence-electron chi connectivity index (χ1n) is 3.52. The van der Waals surface area contributed by atoms with Gasteiger partial charge in [0.1, 0.15) is 0 Å². The van der Waals surface area contributed by atoms with Crippen LogP contribution >= 0.6 is 24.0 Å². The van der Waals surface area contributed by atoms with E-state index in [0.29, 0.717) is 11.7 Å². The molecule has 0 amide bonds. The molecular weight excluding hydrogens is 180 g/mol. The number of carbonyl (C=O) groups is 1. The monoisotopic (exact) mass is 192 g/mol. The van der Waals surface area contributed by atoms with Crippen molar-refractivity contribution in [2.24, 2.45) is 0 Å². The zero-order chi connectivity index (χ0) is 8.69. The van der Waals surface area contributed by atoms with Gasteiger partial charge in [-0.1, -0.05) is 18.7 Å². The highest BCUT2D eigenvalue weighted by molar-refractivity contribution is 8.13. The molecule has 0 radical (unpaired) electrons. The van der Waals surface area contributed by atoms with E-state index < -0.39 is 0 Å². The summed E-state index contributed by atoms with van der Waals surface area (Å²) in [5.74, 6) is 0.799. The minimum Gasteiger partial charge on any atom is -0.487 e. The predicted molar refractivity (Wildman–Crippen MR) is 52.0 cm³/mol. The highest BCUT2D eigenvalue weighted by Gasteiger charge is 2.05. The second-order valence-corrected chi connectivity index (χ2v) is 3.56. The van der Waals surface area contributed by atoms with E-state index in [1.54, 1.807) is 0 Å². The average molecular weight is 192 g/mol. The van der Waals surface area contributed by atoms with E-state index in [1.807, 2.05) is 13.8 Å². The Hall–Kier alpha value is -0.0900. The summed E-state index contributed by atoms with van der Waals surface area (Å²) in [7, 11) is 0. The zero-order valence-electron chi connectivity index (χ0n) is 6.75. The Morgan fingerprint density at radius 2 is 2.18 bits per heavy atom. The van der Waals surface area contributed by atoms with E-state index in [9.17, 15) is 4.79 Å². The summed E-state index contributed by atoms with van der Waals surface area (Å²) in [6.07, 6.45) is 0.266. The molecule has 4 heteroatoms. The summed E-state index contributed by atoms with van der Waals surface area (Å²) in [5.41, 5.74) is 0. The molecule has 64 valence electrons. The molecule has 0 aromatic rings. The third kappa shape index (κ3) is 6.31. The van der Waals surface area contributed by atoms with Crippen molar-refractivity contribution in [3.05, 3.63) is 0 Å². The summed E-state index contributed by atoms with van der Waals surface area (Å²) >= 11 is 6.07. The van der Waals surface area contributed by atoms with Crippen LogP contribution in [0.1, 0.15) is 20.3 Å². The van der Waals surface area contributed by atoms with Gasteiger partial charge in [0.15, 0.2) is 10.2 Å². The van der Waals surface area contributed by atoms with E-state index >= 15 is 0 Å². The smallest absolute Gasteiger partial charge is 0.197 e. The minimum atomic E-state index is 0.0888.